The molecular formula is C23H18N2O6. The van der Waals surface area contributed by atoms with Gasteiger partial charge >= 0.3 is 11.9 Å². The van der Waals surface area contributed by atoms with Crippen LogP contribution in [0.25, 0.3) is 21.5 Å². The lowest BCUT2D eigenvalue weighted by Crippen LogP contribution is -2.12. The minimum atomic E-state index is -0.904. The number of hydrogen-bond acceptors (Lipinski definition) is 8. The molecule has 0 aliphatic heterocycles. The highest BCUT2D eigenvalue weighted by atomic mass is 16.7. The molecule has 0 amide bonds. The molecule has 4 aromatic carbocycles. The molecule has 0 fully saturated rings. The van der Waals surface area contributed by atoms with Crippen molar-refractivity contribution in [3.8, 4) is 11.5 Å². The molecule has 0 heterocycles. The Hall–Kier alpha value is -4.14. The number of rotatable bonds is 4. The molecule has 8 heteroatoms. The zero-order valence-corrected chi connectivity index (χ0v) is 16.2. The van der Waals surface area contributed by atoms with Gasteiger partial charge in [-0.15, -0.1) is 0 Å². The van der Waals surface area contributed by atoms with E-state index in [1.54, 1.807) is 48.5 Å². The van der Waals surface area contributed by atoms with Crippen LogP contribution in [-0.2, 0) is 16.1 Å². The van der Waals surface area contributed by atoms with Crippen LogP contribution < -0.4 is 11.8 Å². The summed E-state index contributed by atoms with van der Waals surface area (Å²) in [5.41, 5.74) is 0.490. The zero-order valence-electron chi connectivity index (χ0n) is 16.2. The van der Waals surface area contributed by atoms with E-state index in [9.17, 15) is 19.8 Å². The van der Waals surface area contributed by atoms with Crippen molar-refractivity contribution >= 4 is 33.5 Å². The summed E-state index contributed by atoms with van der Waals surface area (Å²) >= 11 is 0. The predicted octanol–water partition coefficient (Wildman–Crippen LogP) is 3.06. The van der Waals surface area contributed by atoms with Gasteiger partial charge in [0.05, 0.1) is 0 Å². The van der Waals surface area contributed by atoms with E-state index in [0.717, 1.165) is 0 Å². The average molecular weight is 418 g/mol. The lowest BCUT2D eigenvalue weighted by atomic mass is 9.90. The van der Waals surface area contributed by atoms with Crippen LogP contribution in [0.15, 0.2) is 60.7 Å². The lowest BCUT2D eigenvalue weighted by Gasteiger charge is -2.16. The second-order valence-corrected chi connectivity index (χ2v) is 6.93. The summed E-state index contributed by atoms with van der Waals surface area (Å²) in [7, 11) is 0. The quantitative estimate of drug-likeness (QED) is 0.370. The van der Waals surface area contributed by atoms with Crippen LogP contribution in [0, 0.1) is 0 Å². The molecule has 0 aliphatic rings. The summed E-state index contributed by atoms with van der Waals surface area (Å²) in [6, 6.07) is 17.2. The van der Waals surface area contributed by atoms with Gasteiger partial charge in [0, 0.05) is 17.5 Å². The van der Waals surface area contributed by atoms with Crippen LogP contribution in [-0.4, -0.2) is 22.2 Å². The Balaban J connectivity index is 2.02. The van der Waals surface area contributed by atoms with Crippen LogP contribution in [0.2, 0.25) is 0 Å². The van der Waals surface area contributed by atoms with Crippen molar-refractivity contribution < 1.29 is 29.5 Å². The van der Waals surface area contributed by atoms with E-state index in [-0.39, 0.29) is 29.0 Å². The van der Waals surface area contributed by atoms with E-state index < -0.39 is 11.9 Å². The molecule has 0 aromatic heterocycles. The molecule has 4 rings (SSSR count). The summed E-state index contributed by atoms with van der Waals surface area (Å²) in [5.74, 6) is 7.58. The number of nitrogens with two attached hydrogens (primary N) is 2. The van der Waals surface area contributed by atoms with Crippen molar-refractivity contribution in [1.82, 2.24) is 0 Å². The molecule has 156 valence electrons. The van der Waals surface area contributed by atoms with Crippen molar-refractivity contribution in [3.05, 3.63) is 82.9 Å². The average Bonchev–Trinajstić information content (AvgIpc) is 2.80. The number of carbonyl (C=O) groups is 2. The third-order valence-corrected chi connectivity index (χ3v) is 5.26. The van der Waals surface area contributed by atoms with Crippen molar-refractivity contribution in [2.75, 3.05) is 0 Å². The minimum Gasteiger partial charge on any atom is -0.507 e. The van der Waals surface area contributed by atoms with E-state index in [1.165, 1.54) is 12.1 Å². The van der Waals surface area contributed by atoms with Crippen LogP contribution in [0.1, 0.15) is 31.8 Å². The Kier molecular flexibility index (Phi) is 5.16. The SMILES string of the molecule is NOC(=O)c1cc2ccccc2c(Cc2c(O)c(C(=O)ON)cc3ccccc23)c1O. The summed E-state index contributed by atoms with van der Waals surface area (Å²) in [6.07, 6.45) is -0.00389. The Morgan fingerprint density at radius 2 is 1.10 bits per heavy atom. The normalized spacial score (nSPS) is 10.9. The van der Waals surface area contributed by atoms with E-state index in [4.69, 9.17) is 11.8 Å². The molecular weight excluding hydrogens is 400 g/mol. The number of benzene rings is 4. The summed E-state index contributed by atoms with van der Waals surface area (Å²) in [4.78, 5) is 32.8. The Morgan fingerprint density at radius 1 is 0.710 bits per heavy atom. The molecule has 0 radical (unpaired) electrons. The van der Waals surface area contributed by atoms with Gasteiger partial charge in [-0.05, 0) is 33.7 Å². The maximum Gasteiger partial charge on any atom is 0.360 e. The number of hydrogen-bond donors (Lipinski definition) is 4. The molecule has 31 heavy (non-hydrogen) atoms. The molecule has 0 bridgehead atoms. The molecule has 0 unspecified atom stereocenters. The monoisotopic (exact) mass is 418 g/mol. The van der Waals surface area contributed by atoms with Gasteiger partial charge < -0.3 is 19.9 Å². The molecule has 0 saturated heterocycles. The molecule has 6 N–H and O–H groups in total. The fraction of sp³-hybridized carbons (Fsp3) is 0.0435. The van der Waals surface area contributed by atoms with Gasteiger partial charge in [-0.25, -0.2) is 9.59 Å². The number of phenols is 2. The molecule has 8 nitrogen and oxygen atoms in total. The number of phenolic OH excluding ortho intramolecular Hbond substituents is 2. The van der Waals surface area contributed by atoms with Crippen LogP contribution in [0.3, 0.4) is 0 Å². The number of carbonyl (C=O) groups excluding carboxylic acids is 2. The van der Waals surface area contributed by atoms with Crippen LogP contribution in [0.4, 0.5) is 0 Å². The number of fused-ring (bicyclic) bond motifs is 2. The molecule has 0 atom stereocenters. The van der Waals surface area contributed by atoms with E-state index >= 15 is 0 Å². The second kappa shape index (κ2) is 7.94. The lowest BCUT2D eigenvalue weighted by molar-refractivity contribution is 0.0491. The van der Waals surface area contributed by atoms with Gasteiger partial charge in [-0.2, -0.15) is 11.8 Å². The highest BCUT2D eigenvalue weighted by Crippen LogP contribution is 2.39. The van der Waals surface area contributed by atoms with Gasteiger partial charge in [0.15, 0.2) is 0 Å². The molecule has 4 aromatic rings. The highest BCUT2D eigenvalue weighted by Gasteiger charge is 2.23. The minimum absolute atomic E-state index is 0.00389. The zero-order chi connectivity index (χ0) is 22.1. The largest absolute Gasteiger partial charge is 0.507 e. The maximum atomic E-state index is 12.1. The Morgan fingerprint density at radius 3 is 1.48 bits per heavy atom. The maximum absolute atomic E-state index is 12.1. The first-order chi connectivity index (χ1) is 15.0. The molecule has 0 spiro atoms. The second-order valence-electron chi connectivity index (χ2n) is 6.93. The fourth-order valence-corrected chi connectivity index (χ4v) is 3.80. The smallest absolute Gasteiger partial charge is 0.360 e. The first-order valence-corrected chi connectivity index (χ1v) is 9.25. The van der Waals surface area contributed by atoms with Crippen LogP contribution in [0.5, 0.6) is 11.5 Å². The summed E-state index contributed by atoms with van der Waals surface area (Å²) < 4.78 is 0. The van der Waals surface area contributed by atoms with Gasteiger partial charge in [-0.3, -0.25) is 0 Å². The van der Waals surface area contributed by atoms with E-state index in [0.29, 0.717) is 32.7 Å². The topological polar surface area (TPSA) is 145 Å². The van der Waals surface area contributed by atoms with Crippen molar-refractivity contribution in [3.63, 3.8) is 0 Å². The molecule has 0 saturated carbocycles. The molecule has 0 aliphatic carbocycles. The first kappa shape index (κ1) is 20.1. The van der Waals surface area contributed by atoms with E-state index in [1.807, 2.05) is 0 Å². The number of aromatic hydroxyl groups is 2. The highest BCUT2D eigenvalue weighted by molar-refractivity contribution is 6.03. The van der Waals surface area contributed by atoms with Gasteiger partial charge in [0.1, 0.15) is 22.6 Å². The Labute approximate surface area is 176 Å². The van der Waals surface area contributed by atoms with Gasteiger partial charge in [0.25, 0.3) is 0 Å². The van der Waals surface area contributed by atoms with Crippen molar-refractivity contribution in [1.29, 1.82) is 0 Å². The van der Waals surface area contributed by atoms with Crippen molar-refractivity contribution in [2.45, 2.75) is 6.42 Å². The standard InChI is InChI=1S/C23H18N2O6/c24-30-22(28)18-9-12-5-1-3-7-14(12)16(20(18)26)11-17-15-8-4-2-6-13(15)10-19(21(17)27)23(29)31-25/h1-10,26-27H,11,24-25H2. The Bertz CT molecular complexity index is 1250. The van der Waals surface area contributed by atoms with Crippen molar-refractivity contribution in [2.24, 2.45) is 11.8 Å². The predicted molar refractivity (Wildman–Crippen MR) is 113 cm³/mol. The van der Waals surface area contributed by atoms with Gasteiger partial charge in [0.2, 0.25) is 0 Å². The third kappa shape index (κ3) is 3.39. The van der Waals surface area contributed by atoms with Crippen LogP contribution >= 0.6 is 0 Å². The van der Waals surface area contributed by atoms with E-state index in [2.05, 4.69) is 9.68 Å². The first-order valence-electron chi connectivity index (χ1n) is 9.25. The summed E-state index contributed by atoms with van der Waals surface area (Å²) in [5, 5.41) is 24.4. The van der Waals surface area contributed by atoms with Gasteiger partial charge in [-0.1, -0.05) is 48.5 Å². The summed E-state index contributed by atoms with van der Waals surface area (Å²) in [6.45, 7) is 0. The third-order valence-electron chi connectivity index (χ3n) is 5.26. The fourth-order valence-electron chi connectivity index (χ4n) is 3.80.